The Bertz CT molecular complexity index is 996. The van der Waals surface area contributed by atoms with Crippen LogP contribution >= 0.6 is 0 Å². The second kappa shape index (κ2) is 10.9. The molecule has 176 valence electrons. The standard InChI is InChI=1S/C22H25F3N6O2/c1-30(12-16-4-2-14(11-29-16)21(26)33-22(27)20(24)25)19-10-15(23)3-5-18(19)31(13-32)17-6-8-28-9-7-17/h2-5,10-11,13,17,20,26-28H,6-9,12H2,1H3. The molecule has 33 heavy (non-hydrogen) atoms. The molecule has 0 spiro atoms. The minimum atomic E-state index is -3.11. The fourth-order valence-electron chi connectivity index (χ4n) is 3.64. The number of benzene rings is 1. The Kier molecular flexibility index (Phi) is 7.99. The molecule has 1 aromatic heterocycles. The van der Waals surface area contributed by atoms with Crippen LogP contribution in [-0.2, 0) is 16.1 Å². The van der Waals surface area contributed by atoms with Crippen LogP contribution in [0.5, 0.6) is 0 Å². The predicted molar refractivity (Wildman–Crippen MR) is 119 cm³/mol. The maximum absolute atomic E-state index is 14.1. The van der Waals surface area contributed by atoms with Crippen molar-refractivity contribution >= 4 is 29.6 Å². The van der Waals surface area contributed by atoms with Crippen LogP contribution in [0.1, 0.15) is 24.1 Å². The van der Waals surface area contributed by atoms with Crippen molar-refractivity contribution in [2.45, 2.75) is 31.9 Å². The molecule has 11 heteroatoms. The van der Waals surface area contributed by atoms with E-state index in [9.17, 15) is 18.0 Å². The third-order valence-electron chi connectivity index (χ3n) is 5.34. The van der Waals surface area contributed by atoms with Gasteiger partial charge < -0.3 is 19.9 Å². The number of nitrogens with one attached hydrogen (secondary N) is 3. The molecule has 0 unspecified atom stereocenters. The third-order valence-corrected chi connectivity index (χ3v) is 5.34. The first kappa shape index (κ1) is 24.2. The van der Waals surface area contributed by atoms with Crippen molar-refractivity contribution in [1.29, 1.82) is 10.8 Å². The SMILES string of the molecule is CN(Cc1ccc(C(=N)OC(=N)C(F)F)cn1)c1cc(F)ccc1N(C=O)C1CCNCC1. The van der Waals surface area contributed by atoms with E-state index in [0.29, 0.717) is 17.1 Å². The Morgan fingerprint density at radius 2 is 1.97 bits per heavy atom. The zero-order chi connectivity index (χ0) is 24.0. The topological polar surface area (TPSA) is 105 Å². The summed E-state index contributed by atoms with van der Waals surface area (Å²) in [7, 11) is 1.74. The monoisotopic (exact) mass is 462 g/mol. The molecule has 2 heterocycles. The number of nitrogens with zero attached hydrogens (tertiary/aromatic N) is 3. The lowest BCUT2D eigenvalue weighted by molar-refractivity contribution is -0.108. The Hall–Kier alpha value is -3.47. The van der Waals surface area contributed by atoms with Crippen LogP contribution in [0.4, 0.5) is 24.5 Å². The van der Waals surface area contributed by atoms with Crippen LogP contribution in [0.3, 0.4) is 0 Å². The van der Waals surface area contributed by atoms with E-state index in [-0.39, 0.29) is 18.2 Å². The maximum atomic E-state index is 14.1. The van der Waals surface area contributed by atoms with Crippen molar-refractivity contribution in [1.82, 2.24) is 10.3 Å². The first-order chi connectivity index (χ1) is 15.8. The molecule has 3 N–H and O–H groups in total. The summed E-state index contributed by atoms with van der Waals surface area (Å²) in [5, 5.41) is 18.0. The van der Waals surface area contributed by atoms with Gasteiger partial charge in [0.2, 0.25) is 12.3 Å². The predicted octanol–water partition coefficient (Wildman–Crippen LogP) is 3.16. The van der Waals surface area contributed by atoms with Crippen molar-refractivity contribution in [3.63, 3.8) is 0 Å². The molecule has 1 fully saturated rings. The summed E-state index contributed by atoms with van der Waals surface area (Å²) in [6.07, 6.45) is 0.528. The number of anilines is 2. The molecule has 0 bridgehead atoms. The molecule has 3 rings (SSSR count). The van der Waals surface area contributed by atoms with E-state index in [1.54, 1.807) is 29.0 Å². The summed E-state index contributed by atoms with van der Waals surface area (Å²) in [4.78, 5) is 19.5. The molecular weight excluding hydrogens is 437 g/mol. The quantitative estimate of drug-likeness (QED) is 0.318. The molecule has 2 aromatic rings. The van der Waals surface area contributed by atoms with Gasteiger partial charge in [0, 0.05) is 19.3 Å². The highest BCUT2D eigenvalue weighted by Gasteiger charge is 2.24. The average Bonchev–Trinajstić information content (AvgIpc) is 2.81. The van der Waals surface area contributed by atoms with Crippen LogP contribution in [0.15, 0.2) is 36.5 Å². The van der Waals surface area contributed by atoms with Gasteiger partial charge in [-0.3, -0.25) is 20.6 Å². The van der Waals surface area contributed by atoms with Gasteiger partial charge in [-0.15, -0.1) is 0 Å². The number of alkyl halides is 2. The summed E-state index contributed by atoms with van der Waals surface area (Å²) >= 11 is 0. The largest absolute Gasteiger partial charge is 0.419 e. The highest BCUT2D eigenvalue weighted by Crippen LogP contribution is 2.32. The molecule has 1 aliphatic heterocycles. The number of amides is 1. The van der Waals surface area contributed by atoms with Gasteiger partial charge in [-0.2, -0.15) is 8.78 Å². The lowest BCUT2D eigenvalue weighted by Gasteiger charge is -2.34. The Labute approximate surface area is 189 Å². The van der Waals surface area contributed by atoms with Gasteiger partial charge in [0.15, 0.2) is 0 Å². The minimum absolute atomic E-state index is 0.0109. The minimum Gasteiger partial charge on any atom is -0.419 e. The third kappa shape index (κ3) is 6.07. The lowest BCUT2D eigenvalue weighted by atomic mass is 10.0. The van der Waals surface area contributed by atoms with Crippen LogP contribution in [-0.4, -0.2) is 55.8 Å². The second-order valence-corrected chi connectivity index (χ2v) is 7.62. The number of pyridine rings is 1. The Morgan fingerprint density at radius 1 is 1.24 bits per heavy atom. The number of carbonyl (C=O) groups excluding carboxylic acids is 1. The molecule has 0 saturated carbocycles. The van der Waals surface area contributed by atoms with Crippen LogP contribution in [0.25, 0.3) is 0 Å². The van der Waals surface area contributed by atoms with Gasteiger partial charge in [0.1, 0.15) is 5.82 Å². The van der Waals surface area contributed by atoms with Crippen molar-refractivity contribution in [3.8, 4) is 0 Å². The smallest absolute Gasteiger partial charge is 0.312 e. The van der Waals surface area contributed by atoms with Crippen molar-refractivity contribution in [3.05, 3.63) is 53.6 Å². The molecule has 8 nitrogen and oxygen atoms in total. The number of ether oxygens (including phenoxy) is 1. The van der Waals surface area contributed by atoms with Gasteiger partial charge in [0.05, 0.1) is 29.2 Å². The summed E-state index contributed by atoms with van der Waals surface area (Å²) in [6.45, 7) is 1.86. The second-order valence-electron chi connectivity index (χ2n) is 7.62. The van der Waals surface area contributed by atoms with Crippen molar-refractivity contribution < 1.29 is 22.7 Å². The molecular formula is C22H25F3N6O2. The highest BCUT2D eigenvalue weighted by atomic mass is 19.3. The number of hydrogen-bond donors (Lipinski definition) is 3. The first-order valence-corrected chi connectivity index (χ1v) is 10.3. The average molecular weight is 462 g/mol. The first-order valence-electron chi connectivity index (χ1n) is 10.3. The number of piperidine rings is 1. The van der Waals surface area contributed by atoms with Crippen LogP contribution < -0.4 is 15.1 Å². The van der Waals surface area contributed by atoms with E-state index >= 15 is 0 Å². The summed E-state index contributed by atoms with van der Waals surface area (Å²) in [5.41, 5.74) is 1.81. The zero-order valence-corrected chi connectivity index (χ0v) is 18.0. The van der Waals surface area contributed by atoms with E-state index in [2.05, 4.69) is 15.0 Å². The lowest BCUT2D eigenvalue weighted by Crippen LogP contribution is -2.43. The van der Waals surface area contributed by atoms with Gasteiger partial charge >= 0.3 is 6.43 Å². The summed E-state index contributed by atoms with van der Waals surface area (Å²) < 4.78 is 43.4. The molecule has 1 saturated heterocycles. The van der Waals surface area contributed by atoms with Crippen LogP contribution in [0, 0.1) is 16.6 Å². The van der Waals surface area contributed by atoms with E-state index in [4.69, 9.17) is 10.8 Å². The molecule has 1 aromatic carbocycles. The molecule has 0 radical (unpaired) electrons. The van der Waals surface area contributed by atoms with E-state index in [1.165, 1.54) is 24.4 Å². The normalized spacial score (nSPS) is 14.1. The Balaban J connectivity index is 1.76. The number of hydrogen-bond acceptors (Lipinski definition) is 7. The number of halogens is 3. The fourth-order valence-corrected chi connectivity index (χ4v) is 3.64. The van der Waals surface area contributed by atoms with Crippen molar-refractivity contribution in [2.75, 3.05) is 29.9 Å². The molecule has 1 aliphatic rings. The fraction of sp³-hybridized carbons (Fsp3) is 0.364. The molecule has 0 atom stereocenters. The zero-order valence-electron chi connectivity index (χ0n) is 18.0. The van der Waals surface area contributed by atoms with Gasteiger partial charge in [-0.1, -0.05) is 0 Å². The number of carbonyl (C=O) groups is 1. The van der Waals surface area contributed by atoms with Crippen LogP contribution in [0.2, 0.25) is 0 Å². The molecule has 1 amide bonds. The number of rotatable bonds is 8. The van der Waals surface area contributed by atoms with Gasteiger partial charge in [-0.25, -0.2) is 4.39 Å². The van der Waals surface area contributed by atoms with E-state index in [0.717, 1.165) is 32.3 Å². The van der Waals surface area contributed by atoms with Gasteiger partial charge in [0.25, 0.3) is 5.90 Å². The van der Waals surface area contributed by atoms with E-state index in [1.807, 2.05) is 0 Å². The van der Waals surface area contributed by atoms with Crippen molar-refractivity contribution in [2.24, 2.45) is 0 Å². The number of aromatic nitrogens is 1. The van der Waals surface area contributed by atoms with E-state index < -0.39 is 24.0 Å². The summed E-state index contributed by atoms with van der Waals surface area (Å²) in [5.74, 6) is -2.35. The summed E-state index contributed by atoms with van der Waals surface area (Å²) in [6, 6.07) is 7.33. The van der Waals surface area contributed by atoms with Gasteiger partial charge in [-0.05, 0) is 56.3 Å². The maximum Gasteiger partial charge on any atom is 0.312 e. The Morgan fingerprint density at radius 3 is 2.58 bits per heavy atom. The molecule has 0 aliphatic carbocycles. The highest BCUT2D eigenvalue weighted by molar-refractivity contribution is 5.99.